The number of allylic oxidation sites excluding steroid dienone is 1. The Morgan fingerprint density at radius 3 is 2.29 bits per heavy atom. The Labute approximate surface area is 128 Å². The van der Waals surface area contributed by atoms with Gasteiger partial charge in [-0.2, -0.15) is 5.06 Å². The summed E-state index contributed by atoms with van der Waals surface area (Å²) in [5.41, 5.74) is -0.377. The molecule has 0 aromatic carbocycles. The highest BCUT2D eigenvalue weighted by Crippen LogP contribution is 2.41. The third-order valence-corrected chi connectivity index (χ3v) is 4.42. The van der Waals surface area contributed by atoms with E-state index in [9.17, 15) is 10.0 Å². The zero-order valence-electron chi connectivity index (χ0n) is 13.9. The molecule has 1 saturated heterocycles. The van der Waals surface area contributed by atoms with Crippen molar-refractivity contribution in [2.24, 2.45) is 5.92 Å². The van der Waals surface area contributed by atoms with Crippen molar-refractivity contribution >= 4 is 5.78 Å². The van der Waals surface area contributed by atoms with Gasteiger partial charge in [0, 0.05) is 17.5 Å². The van der Waals surface area contributed by atoms with E-state index in [1.54, 1.807) is 0 Å². The van der Waals surface area contributed by atoms with Crippen LogP contribution in [0.1, 0.15) is 66.2 Å². The summed E-state index contributed by atoms with van der Waals surface area (Å²) in [5, 5.41) is 20.4. The fraction of sp³-hybridized carbons (Fsp3) is 0.824. The number of hydrogen-bond donors (Lipinski definition) is 2. The van der Waals surface area contributed by atoms with Gasteiger partial charge in [-0.3, -0.25) is 4.79 Å². The van der Waals surface area contributed by atoms with Gasteiger partial charge in [-0.1, -0.05) is 18.9 Å². The normalized spacial score (nSPS) is 22.8. The van der Waals surface area contributed by atoms with Crippen LogP contribution < -0.4 is 0 Å². The van der Waals surface area contributed by atoms with Crippen molar-refractivity contribution in [3.63, 3.8) is 0 Å². The Hall–Kier alpha value is -0.710. The summed E-state index contributed by atoms with van der Waals surface area (Å²) in [7, 11) is 0. The zero-order chi connectivity index (χ0) is 16.1. The van der Waals surface area contributed by atoms with E-state index in [0.29, 0.717) is 12.3 Å². The minimum Gasteiger partial charge on any atom is -0.392 e. The van der Waals surface area contributed by atoms with Crippen LogP contribution in [0.3, 0.4) is 0 Å². The van der Waals surface area contributed by atoms with Crippen molar-refractivity contribution in [1.29, 1.82) is 0 Å². The SMILES string of the molecule is CC1(C)CC(CCCCC(=O)/C=C/CO)CC(C)(C)N1O. The van der Waals surface area contributed by atoms with Gasteiger partial charge in [-0.05, 0) is 59.0 Å². The standard InChI is InChI=1S/C17H31NO3/c1-16(2)12-14(13-17(3,4)18(16)21)8-5-6-9-15(20)10-7-11-19/h7,10,14,19,21H,5-6,8-9,11-13H2,1-4H3/b10-7+. The maximum absolute atomic E-state index is 11.5. The maximum Gasteiger partial charge on any atom is 0.155 e. The fourth-order valence-electron chi connectivity index (χ4n) is 3.68. The first kappa shape index (κ1) is 18.3. The minimum absolute atomic E-state index is 0.0738. The number of nitrogens with zero attached hydrogens (tertiary/aromatic N) is 1. The first-order chi connectivity index (χ1) is 9.69. The molecule has 1 fully saturated rings. The Bertz CT molecular complexity index is 356. The fourth-order valence-corrected chi connectivity index (χ4v) is 3.68. The molecule has 122 valence electrons. The second-order valence-electron chi connectivity index (χ2n) is 7.51. The molecule has 21 heavy (non-hydrogen) atoms. The lowest BCUT2D eigenvalue weighted by atomic mass is 9.73. The van der Waals surface area contributed by atoms with Gasteiger partial charge in [-0.15, -0.1) is 0 Å². The highest BCUT2D eigenvalue weighted by molar-refractivity contribution is 5.89. The van der Waals surface area contributed by atoms with Crippen LogP contribution in [0.2, 0.25) is 0 Å². The average Bonchev–Trinajstić information content (AvgIpc) is 2.38. The Morgan fingerprint density at radius 2 is 1.76 bits per heavy atom. The molecule has 0 spiro atoms. The van der Waals surface area contributed by atoms with E-state index in [1.807, 2.05) is 0 Å². The van der Waals surface area contributed by atoms with E-state index in [-0.39, 0.29) is 23.5 Å². The van der Waals surface area contributed by atoms with E-state index in [0.717, 1.165) is 32.1 Å². The predicted octanol–water partition coefficient (Wildman–Crippen LogP) is 3.32. The quantitative estimate of drug-likeness (QED) is 0.559. The summed E-state index contributed by atoms with van der Waals surface area (Å²) < 4.78 is 0. The number of ketones is 1. The monoisotopic (exact) mass is 297 g/mol. The molecule has 0 saturated carbocycles. The first-order valence-electron chi connectivity index (χ1n) is 7.98. The molecule has 0 unspecified atom stereocenters. The Kier molecular flexibility index (Phi) is 6.57. The molecule has 0 aromatic heterocycles. The number of piperidine rings is 1. The Morgan fingerprint density at radius 1 is 1.19 bits per heavy atom. The number of unbranched alkanes of at least 4 members (excludes halogenated alkanes) is 1. The van der Waals surface area contributed by atoms with Crippen LogP contribution in [0.15, 0.2) is 12.2 Å². The molecule has 4 heteroatoms. The number of aliphatic hydroxyl groups is 1. The van der Waals surface area contributed by atoms with Crippen LogP contribution in [-0.4, -0.2) is 38.8 Å². The van der Waals surface area contributed by atoms with Crippen molar-refractivity contribution in [3.05, 3.63) is 12.2 Å². The summed E-state index contributed by atoms with van der Waals surface area (Å²) in [6, 6.07) is 0. The van der Waals surface area contributed by atoms with Gasteiger partial charge >= 0.3 is 0 Å². The highest BCUT2D eigenvalue weighted by Gasteiger charge is 2.44. The molecule has 2 N–H and O–H groups in total. The summed E-state index contributed by atoms with van der Waals surface area (Å²) in [5.74, 6) is 0.691. The summed E-state index contributed by atoms with van der Waals surface area (Å²) in [6.45, 7) is 8.28. The van der Waals surface area contributed by atoms with Crippen molar-refractivity contribution in [3.8, 4) is 0 Å². The maximum atomic E-state index is 11.5. The van der Waals surface area contributed by atoms with Gasteiger partial charge < -0.3 is 10.3 Å². The van der Waals surface area contributed by atoms with Gasteiger partial charge in [0.05, 0.1) is 6.61 Å². The molecule has 1 aliphatic heterocycles. The molecule has 1 aliphatic rings. The molecule has 4 nitrogen and oxygen atoms in total. The molecule has 0 radical (unpaired) electrons. The summed E-state index contributed by atoms with van der Waals surface area (Å²) in [4.78, 5) is 11.5. The van der Waals surface area contributed by atoms with Gasteiger partial charge in [0.25, 0.3) is 0 Å². The predicted molar refractivity (Wildman–Crippen MR) is 84.2 cm³/mol. The largest absolute Gasteiger partial charge is 0.392 e. The average molecular weight is 297 g/mol. The van der Waals surface area contributed by atoms with Crippen LogP contribution in [0.5, 0.6) is 0 Å². The molecule has 0 aliphatic carbocycles. The molecule has 0 amide bonds. The molecule has 0 atom stereocenters. The molecule has 0 aromatic rings. The molecule has 1 rings (SSSR count). The second kappa shape index (κ2) is 7.52. The molecule has 1 heterocycles. The van der Waals surface area contributed by atoms with E-state index < -0.39 is 0 Å². The lowest BCUT2D eigenvalue weighted by Gasteiger charge is -2.51. The van der Waals surface area contributed by atoms with Crippen LogP contribution in [0.4, 0.5) is 0 Å². The second-order valence-corrected chi connectivity index (χ2v) is 7.51. The number of carbonyl (C=O) groups excluding carboxylic acids is 1. The van der Waals surface area contributed by atoms with Gasteiger partial charge in [0.2, 0.25) is 0 Å². The van der Waals surface area contributed by atoms with Crippen molar-refractivity contribution < 1.29 is 15.1 Å². The number of hydroxylamine groups is 2. The van der Waals surface area contributed by atoms with E-state index in [4.69, 9.17) is 5.11 Å². The van der Waals surface area contributed by atoms with Gasteiger partial charge in [0.1, 0.15) is 0 Å². The van der Waals surface area contributed by atoms with Crippen LogP contribution in [-0.2, 0) is 4.79 Å². The topological polar surface area (TPSA) is 60.8 Å². The lowest BCUT2D eigenvalue weighted by molar-refractivity contribution is -0.251. The molecule has 0 bridgehead atoms. The number of aliphatic hydroxyl groups excluding tert-OH is 1. The summed E-state index contributed by atoms with van der Waals surface area (Å²) >= 11 is 0. The van der Waals surface area contributed by atoms with E-state index in [1.165, 1.54) is 17.2 Å². The van der Waals surface area contributed by atoms with Crippen LogP contribution in [0, 0.1) is 5.92 Å². The van der Waals surface area contributed by atoms with Crippen LogP contribution >= 0.6 is 0 Å². The van der Waals surface area contributed by atoms with Crippen molar-refractivity contribution in [1.82, 2.24) is 5.06 Å². The Balaban J connectivity index is 2.36. The zero-order valence-corrected chi connectivity index (χ0v) is 13.9. The minimum atomic E-state index is -0.188. The van der Waals surface area contributed by atoms with E-state index >= 15 is 0 Å². The smallest absolute Gasteiger partial charge is 0.155 e. The first-order valence-corrected chi connectivity index (χ1v) is 7.98. The molecular formula is C17H31NO3. The number of rotatable bonds is 7. The highest BCUT2D eigenvalue weighted by atomic mass is 16.5. The molecular weight excluding hydrogens is 266 g/mol. The van der Waals surface area contributed by atoms with Gasteiger partial charge in [0.15, 0.2) is 5.78 Å². The number of carbonyl (C=O) groups is 1. The van der Waals surface area contributed by atoms with Crippen molar-refractivity contribution in [2.75, 3.05) is 6.61 Å². The summed E-state index contributed by atoms with van der Waals surface area (Å²) in [6.07, 6.45) is 8.55. The lowest BCUT2D eigenvalue weighted by Crippen LogP contribution is -2.58. The third kappa shape index (κ3) is 5.53. The third-order valence-electron chi connectivity index (χ3n) is 4.42. The van der Waals surface area contributed by atoms with Crippen molar-refractivity contribution in [2.45, 2.75) is 77.3 Å². The van der Waals surface area contributed by atoms with Gasteiger partial charge in [-0.25, -0.2) is 0 Å². The number of hydrogen-bond acceptors (Lipinski definition) is 4. The van der Waals surface area contributed by atoms with E-state index in [2.05, 4.69) is 27.7 Å². The van der Waals surface area contributed by atoms with Crippen LogP contribution in [0.25, 0.3) is 0 Å².